The minimum Gasteiger partial charge on any atom is -0.465 e. The molecule has 2 N–H and O–H groups in total. The molecule has 1 aliphatic heterocycles. The lowest BCUT2D eigenvalue weighted by Crippen LogP contribution is -2.39. The zero-order valence-electron chi connectivity index (χ0n) is 16.3. The van der Waals surface area contributed by atoms with E-state index in [0.717, 1.165) is 10.8 Å². The normalized spacial score (nSPS) is 11.8. The van der Waals surface area contributed by atoms with Gasteiger partial charge in [0.1, 0.15) is 5.56 Å². The highest BCUT2D eigenvalue weighted by atomic mass is 16.7. The first kappa shape index (κ1) is 20.0. The van der Waals surface area contributed by atoms with Gasteiger partial charge in [-0.3, -0.25) is 14.2 Å². The van der Waals surface area contributed by atoms with Gasteiger partial charge in [-0.2, -0.15) is 0 Å². The van der Waals surface area contributed by atoms with Crippen LogP contribution in [-0.2, 0) is 11.3 Å². The summed E-state index contributed by atoms with van der Waals surface area (Å²) in [6.07, 6.45) is 1.04. The van der Waals surface area contributed by atoms with Crippen LogP contribution in [0.25, 0.3) is 0 Å². The Kier molecular flexibility index (Phi) is 5.27. The predicted molar refractivity (Wildman–Crippen MR) is 109 cm³/mol. The summed E-state index contributed by atoms with van der Waals surface area (Å²) in [6, 6.07) is 11.2. The Morgan fingerprint density at radius 1 is 1.10 bits per heavy atom. The fourth-order valence-electron chi connectivity index (χ4n) is 3.11. The minimum absolute atomic E-state index is 0.0787. The van der Waals surface area contributed by atoms with Gasteiger partial charge in [-0.15, -0.1) is 0 Å². The molecule has 0 radical (unpaired) electrons. The minimum atomic E-state index is -0.783. The molecule has 0 saturated heterocycles. The predicted octanol–water partition coefficient (Wildman–Crippen LogP) is 1.35. The van der Waals surface area contributed by atoms with Crippen LogP contribution < -0.4 is 26.0 Å². The number of nitrogens with one attached hydrogen (secondary N) is 2. The maximum absolute atomic E-state index is 12.9. The van der Waals surface area contributed by atoms with Crippen molar-refractivity contribution in [2.75, 3.05) is 19.2 Å². The van der Waals surface area contributed by atoms with E-state index in [4.69, 9.17) is 14.2 Å². The number of fused-ring (bicyclic) bond motifs is 1. The van der Waals surface area contributed by atoms with E-state index in [0.29, 0.717) is 17.1 Å². The molecule has 0 spiro atoms. The van der Waals surface area contributed by atoms with E-state index >= 15 is 0 Å². The Morgan fingerprint density at radius 3 is 2.68 bits per heavy atom. The summed E-state index contributed by atoms with van der Waals surface area (Å²) in [7, 11) is 1.22. The van der Waals surface area contributed by atoms with Crippen LogP contribution in [0.2, 0.25) is 0 Å². The number of para-hydroxylation sites is 1. The second-order valence-electron chi connectivity index (χ2n) is 6.58. The van der Waals surface area contributed by atoms with Crippen molar-refractivity contribution in [1.29, 1.82) is 0 Å². The van der Waals surface area contributed by atoms with Crippen molar-refractivity contribution in [2.24, 2.45) is 0 Å². The highest BCUT2D eigenvalue weighted by molar-refractivity contribution is 6.07. The standard InChI is InChI=1S/C21H17N3O7/c1-29-20(27)13-4-2-3-5-15(13)23-18(25)14-9-22-21(28)24(19(14)26)10-12-6-7-16-17(8-12)31-11-30-16/h2-9H,10-11H2,1H3,(H,22,28)(H,23,25). The van der Waals surface area contributed by atoms with E-state index in [1.165, 1.54) is 19.2 Å². The monoisotopic (exact) mass is 423 g/mol. The number of aromatic nitrogens is 2. The number of carbonyl (C=O) groups excluding carboxylic acids is 2. The first-order chi connectivity index (χ1) is 15.0. The van der Waals surface area contributed by atoms with E-state index in [1.807, 2.05) is 0 Å². The number of rotatable bonds is 5. The number of H-pyrrole nitrogens is 1. The summed E-state index contributed by atoms with van der Waals surface area (Å²) < 4.78 is 16.2. The van der Waals surface area contributed by atoms with E-state index < -0.39 is 23.1 Å². The van der Waals surface area contributed by atoms with Gasteiger partial charge >= 0.3 is 11.7 Å². The molecule has 158 valence electrons. The van der Waals surface area contributed by atoms with Crippen LogP contribution >= 0.6 is 0 Å². The Hall–Kier alpha value is -4.34. The summed E-state index contributed by atoms with van der Waals surface area (Å²) in [4.78, 5) is 52.1. The fourth-order valence-corrected chi connectivity index (χ4v) is 3.11. The van der Waals surface area contributed by atoms with Crippen LogP contribution in [0.15, 0.2) is 58.3 Å². The van der Waals surface area contributed by atoms with Gasteiger partial charge < -0.3 is 24.5 Å². The molecule has 10 heteroatoms. The van der Waals surface area contributed by atoms with Crippen molar-refractivity contribution in [3.63, 3.8) is 0 Å². The number of hydrogen-bond acceptors (Lipinski definition) is 7. The van der Waals surface area contributed by atoms with E-state index in [-0.39, 0.29) is 30.2 Å². The van der Waals surface area contributed by atoms with Gasteiger partial charge in [-0.05, 0) is 29.8 Å². The molecule has 0 saturated carbocycles. The van der Waals surface area contributed by atoms with Gasteiger partial charge in [0.05, 0.1) is 24.9 Å². The van der Waals surface area contributed by atoms with Crippen molar-refractivity contribution in [3.05, 3.63) is 86.2 Å². The van der Waals surface area contributed by atoms with Gasteiger partial charge in [0.25, 0.3) is 11.5 Å². The van der Waals surface area contributed by atoms with Gasteiger partial charge in [-0.25, -0.2) is 9.59 Å². The van der Waals surface area contributed by atoms with Gasteiger partial charge in [0.2, 0.25) is 6.79 Å². The number of carbonyl (C=O) groups is 2. The zero-order valence-corrected chi connectivity index (χ0v) is 16.3. The average molecular weight is 423 g/mol. The third kappa shape index (κ3) is 3.90. The molecule has 1 amide bonds. The van der Waals surface area contributed by atoms with Gasteiger partial charge in [0.15, 0.2) is 11.5 Å². The van der Waals surface area contributed by atoms with Crippen LogP contribution in [0.1, 0.15) is 26.3 Å². The Labute approximate surface area is 175 Å². The molecule has 0 fully saturated rings. The number of amides is 1. The lowest BCUT2D eigenvalue weighted by Gasteiger charge is -2.11. The number of aromatic amines is 1. The SMILES string of the molecule is COC(=O)c1ccccc1NC(=O)c1c[nH]c(=O)n(Cc2ccc3c(c2)OCO3)c1=O. The van der Waals surface area contributed by atoms with E-state index in [9.17, 15) is 19.2 Å². The lowest BCUT2D eigenvalue weighted by atomic mass is 10.1. The van der Waals surface area contributed by atoms with E-state index in [2.05, 4.69) is 10.3 Å². The summed E-state index contributed by atoms with van der Waals surface area (Å²) >= 11 is 0. The molecule has 0 unspecified atom stereocenters. The number of anilines is 1. The Bertz CT molecular complexity index is 1290. The second-order valence-corrected chi connectivity index (χ2v) is 6.58. The molecule has 3 aromatic rings. The molecule has 0 bridgehead atoms. The van der Waals surface area contributed by atoms with Crippen molar-refractivity contribution in [2.45, 2.75) is 6.54 Å². The number of methoxy groups -OCH3 is 1. The van der Waals surface area contributed by atoms with Gasteiger partial charge in [-0.1, -0.05) is 18.2 Å². The summed E-state index contributed by atoms with van der Waals surface area (Å²) in [5.41, 5.74) is -0.829. The number of esters is 1. The summed E-state index contributed by atoms with van der Waals surface area (Å²) in [5.74, 6) is -0.340. The molecule has 1 aromatic heterocycles. The van der Waals surface area contributed by atoms with Crippen molar-refractivity contribution in [1.82, 2.24) is 9.55 Å². The largest absolute Gasteiger partial charge is 0.465 e. The first-order valence-electron chi connectivity index (χ1n) is 9.17. The third-order valence-electron chi connectivity index (χ3n) is 4.66. The first-order valence-corrected chi connectivity index (χ1v) is 9.17. The highest BCUT2D eigenvalue weighted by Crippen LogP contribution is 2.32. The lowest BCUT2D eigenvalue weighted by molar-refractivity contribution is 0.0602. The topological polar surface area (TPSA) is 129 Å². The molecule has 2 heterocycles. The van der Waals surface area contributed by atoms with Crippen LogP contribution in [0.5, 0.6) is 11.5 Å². The number of nitrogens with zero attached hydrogens (tertiary/aromatic N) is 1. The quantitative estimate of drug-likeness (QED) is 0.593. The van der Waals surface area contributed by atoms with Crippen molar-refractivity contribution in [3.8, 4) is 11.5 Å². The average Bonchev–Trinajstić information content (AvgIpc) is 3.24. The number of benzene rings is 2. The smallest absolute Gasteiger partial charge is 0.339 e. The maximum atomic E-state index is 12.9. The Morgan fingerprint density at radius 2 is 1.87 bits per heavy atom. The zero-order chi connectivity index (χ0) is 22.0. The number of hydrogen-bond donors (Lipinski definition) is 2. The molecule has 10 nitrogen and oxygen atoms in total. The molecule has 2 aromatic carbocycles. The molecular formula is C21H17N3O7. The van der Waals surface area contributed by atoms with E-state index in [1.54, 1.807) is 30.3 Å². The highest BCUT2D eigenvalue weighted by Gasteiger charge is 2.19. The van der Waals surface area contributed by atoms with Crippen LogP contribution in [-0.4, -0.2) is 35.3 Å². The van der Waals surface area contributed by atoms with Gasteiger partial charge in [0, 0.05) is 6.20 Å². The maximum Gasteiger partial charge on any atom is 0.339 e. The summed E-state index contributed by atoms with van der Waals surface area (Å²) in [6.45, 7) is 0.0205. The van der Waals surface area contributed by atoms with Crippen LogP contribution in [0.4, 0.5) is 5.69 Å². The molecule has 0 atom stereocenters. The third-order valence-corrected chi connectivity index (χ3v) is 4.66. The fraction of sp³-hybridized carbons (Fsp3) is 0.143. The van der Waals surface area contributed by atoms with Crippen molar-refractivity contribution >= 4 is 17.6 Å². The number of ether oxygens (including phenoxy) is 3. The molecule has 4 rings (SSSR count). The van der Waals surface area contributed by atoms with Crippen LogP contribution in [0.3, 0.4) is 0 Å². The molecular weight excluding hydrogens is 406 g/mol. The second kappa shape index (κ2) is 8.19. The molecule has 0 aliphatic carbocycles. The van der Waals surface area contributed by atoms with Crippen LogP contribution in [0, 0.1) is 0 Å². The van der Waals surface area contributed by atoms with Crippen molar-refractivity contribution < 1.29 is 23.8 Å². The molecule has 31 heavy (non-hydrogen) atoms. The Balaban J connectivity index is 1.64. The summed E-state index contributed by atoms with van der Waals surface area (Å²) in [5, 5.41) is 2.52. The molecule has 1 aliphatic rings.